The number of carboxylic acids is 1. The highest BCUT2D eigenvalue weighted by atomic mass is 32.2. The highest BCUT2D eigenvalue weighted by Crippen LogP contribution is 2.51. The quantitative estimate of drug-likeness (QED) is 0.522. The van der Waals surface area contributed by atoms with E-state index in [1.54, 1.807) is 18.7 Å². The Labute approximate surface area is 183 Å². The molecule has 3 fully saturated rings. The number of hydrogen-bond acceptors (Lipinski definition) is 6. The van der Waals surface area contributed by atoms with Gasteiger partial charge in [-0.3, -0.25) is 4.79 Å². The van der Waals surface area contributed by atoms with Gasteiger partial charge in [-0.25, -0.2) is 4.79 Å². The summed E-state index contributed by atoms with van der Waals surface area (Å²) >= 11 is 1.66. The Morgan fingerprint density at radius 3 is 2.80 bits per heavy atom. The van der Waals surface area contributed by atoms with Crippen molar-refractivity contribution in [2.45, 2.75) is 69.9 Å². The lowest BCUT2D eigenvalue weighted by Gasteiger charge is -2.46. The molecule has 0 aromatic rings. The summed E-state index contributed by atoms with van der Waals surface area (Å²) in [5.74, 6) is -1.06. The lowest BCUT2D eigenvalue weighted by atomic mass is 9.79. The minimum Gasteiger partial charge on any atom is -0.477 e. The lowest BCUT2D eigenvalue weighted by molar-refractivity contribution is -0.163. The van der Waals surface area contributed by atoms with Gasteiger partial charge in [-0.15, -0.1) is 11.8 Å². The van der Waals surface area contributed by atoms with Crippen molar-refractivity contribution in [2.75, 3.05) is 26.2 Å². The van der Waals surface area contributed by atoms with Gasteiger partial charge in [-0.2, -0.15) is 0 Å². The molecule has 4 heterocycles. The molecule has 4 aliphatic rings. The van der Waals surface area contributed by atoms with Gasteiger partial charge in [-0.1, -0.05) is 13.8 Å². The number of rotatable bonds is 7. The zero-order chi connectivity index (χ0) is 21.6. The first kappa shape index (κ1) is 22.1. The van der Waals surface area contributed by atoms with Crippen molar-refractivity contribution in [1.29, 1.82) is 0 Å². The van der Waals surface area contributed by atoms with Gasteiger partial charge >= 0.3 is 5.97 Å². The number of hydrogen-bond donors (Lipinski definition) is 3. The third kappa shape index (κ3) is 3.92. The molecule has 0 aromatic carbocycles. The molecule has 7 atom stereocenters. The van der Waals surface area contributed by atoms with Crippen molar-refractivity contribution in [3.8, 4) is 0 Å². The van der Waals surface area contributed by atoms with E-state index in [0.29, 0.717) is 11.3 Å². The number of fused-ring (bicyclic) bond motifs is 1. The van der Waals surface area contributed by atoms with Crippen molar-refractivity contribution in [2.24, 2.45) is 17.8 Å². The van der Waals surface area contributed by atoms with Crippen molar-refractivity contribution >= 4 is 23.6 Å². The van der Waals surface area contributed by atoms with Crippen LogP contribution >= 0.6 is 11.8 Å². The van der Waals surface area contributed by atoms with Crippen LogP contribution in [-0.4, -0.2) is 81.5 Å². The number of carbonyl (C=O) groups excluding carboxylic acids is 1. The summed E-state index contributed by atoms with van der Waals surface area (Å²) in [6, 6.07) is 0.424. The number of aliphatic carboxylic acids is 1. The molecule has 3 saturated heterocycles. The number of β-lactam (4-membered cyclic amide) rings is 1. The number of piperidine rings is 1. The maximum absolute atomic E-state index is 12.5. The molecule has 0 radical (unpaired) electrons. The first-order valence-electron chi connectivity index (χ1n) is 11.4. The summed E-state index contributed by atoms with van der Waals surface area (Å²) in [6.07, 6.45) is 3.96. The molecule has 4 rings (SSSR count). The predicted molar refractivity (Wildman–Crippen MR) is 117 cm³/mol. The van der Waals surface area contributed by atoms with Crippen LogP contribution < -0.4 is 5.32 Å². The van der Waals surface area contributed by atoms with Crippen LogP contribution in [0.2, 0.25) is 0 Å². The Bertz CT molecular complexity index is 727. The Morgan fingerprint density at radius 2 is 2.13 bits per heavy atom. The van der Waals surface area contributed by atoms with Crippen LogP contribution in [0.15, 0.2) is 10.6 Å². The molecule has 7 nitrogen and oxygen atoms in total. The van der Waals surface area contributed by atoms with Gasteiger partial charge in [0.1, 0.15) is 5.70 Å². The van der Waals surface area contributed by atoms with Gasteiger partial charge in [0.15, 0.2) is 0 Å². The highest BCUT2D eigenvalue weighted by molar-refractivity contribution is 8.03. The first-order valence-corrected chi connectivity index (χ1v) is 12.3. The van der Waals surface area contributed by atoms with E-state index in [0.717, 1.165) is 43.4 Å². The number of aliphatic hydroxyl groups excluding tert-OH is 1. The molecule has 168 valence electrons. The fraction of sp³-hybridized carbons (Fsp3) is 0.818. The maximum Gasteiger partial charge on any atom is 0.353 e. The largest absolute Gasteiger partial charge is 0.477 e. The topological polar surface area (TPSA) is 93.1 Å². The SMILES string of the molecule is CCC1CC(CN2CC[C@@H](SC3=C(C(=O)O)N4C(=O)[C@H]([C@@H](C)O)[C@H]4[C@H]3C)C2)CCN1. The molecule has 0 bridgehead atoms. The Morgan fingerprint density at radius 1 is 1.37 bits per heavy atom. The Kier molecular flexibility index (Phi) is 6.49. The molecule has 2 unspecified atom stereocenters. The molecule has 8 heteroatoms. The summed E-state index contributed by atoms with van der Waals surface area (Å²) in [5, 5.41) is 23.8. The molecule has 0 aliphatic carbocycles. The van der Waals surface area contributed by atoms with E-state index >= 15 is 0 Å². The average Bonchev–Trinajstić information content (AvgIpc) is 3.23. The van der Waals surface area contributed by atoms with E-state index in [1.807, 2.05) is 6.92 Å². The van der Waals surface area contributed by atoms with Gasteiger partial charge in [-0.05, 0) is 51.6 Å². The summed E-state index contributed by atoms with van der Waals surface area (Å²) in [5.41, 5.74) is 0.155. The van der Waals surface area contributed by atoms with Crippen LogP contribution in [0.4, 0.5) is 0 Å². The summed E-state index contributed by atoms with van der Waals surface area (Å²) < 4.78 is 0. The van der Waals surface area contributed by atoms with Gasteiger partial charge in [0, 0.05) is 35.2 Å². The molecule has 3 N–H and O–H groups in total. The fourth-order valence-corrected chi connectivity index (χ4v) is 7.37. The van der Waals surface area contributed by atoms with Crippen LogP contribution in [-0.2, 0) is 9.59 Å². The van der Waals surface area contributed by atoms with Crippen molar-refractivity contribution in [3.05, 3.63) is 10.6 Å². The second-order valence-corrected chi connectivity index (χ2v) is 10.9. The van der Waals surface area contributed by atoms with Crippen molar-refractivity contribution in [3.63, 3.8) is 0 Å². The number of nitrogens with one attached hydrogen (secondary N) is 1. The second kappa shape index (κ2) is 8.81. The smallest absolute Gasteiger partial charge is 0.353 e. The van der Waals surface area contributed by atoms with E-state index in [2.05, 4.69) is 17.1 Å². The second-order valence-electron chi connectivity index (χ2n) is 9.51. The minimum absolute atomic E-state index is 0.0396. The maximum atomic E-state index is 12.5. The van der Waals surface area contributed by atoms with Crippen LogP contribution in [0, 0.1) is 17.8 Å². The van der Waals surface area contributed by atoms with E-state index < -0.39 is 18.0 Å². The molecule has 0 saturated carbocycles. The van der Waals surface area contributed by atoms with Crippen molar-refractivity contribution in [1.82, 2.24) is 15.1 Å². The molecular formula is C22H35N3O4S. The molecule has 1 amide bonds. The third-order valence-electron chi connectivity index (χ3n) is 7.45. The molecule has 4 aliphatic heterocycles. The number of amides is 1. The number of aliphatic hydroxyl groups is 1. The summed E-state index contributed by atoms with van der Waals surface area (Å²) in [4.78, 5) is 29.3. The predicted octanol–water partition coefficient (Wildman–Crippen LogP) is 1.73. The lowest BCUT2D eigenvalue weighted by Crippen LogP contribution is -2.63. The van der Waals surface area contributed by atoms with Gasteiger partial charge in [0.25, 0.3) is 0 Å². The number of carbonyl (C=O) groups is 2. The van der Waals surface area contributed by atoms with Crippen LogP contribution in [0.1, 0.15) is 46.5 Å². The molecular weight excluding hydrogens is 402 g/mol. The normalized spacial score (nSPS) is 38.0. The summed E-state index contributed by atoms with van der Waals surface area (Å²) in [6.45, 7) is 10.2. The van der Waals surface area contributed by atoms with Gasteiger partial charge < -0.3 is 25.3 Å². The van der Waals surface area contributed by atoms with Crippen LogP contribution in [0.3, 0.4) is 0 Å². The highest BCUT2D eigenvalue weighted by Gasteiger charge is 2.60. The zero-order valence-corrected chi connectivity index (χ0v) is 19.0. The summed E-state index contributed by atoms with van der Waals surface area (Å²) in [7, 11) is 0. The first-order chi connectivity index (χ1) is 14.3. The molecule has 0 spiro atoms. The minimum atomic E-state index is -1.03. The number of nitrogens with zero attached hydrogens (tertiary/aromatic N) is 2. The van der Waals surface area contributed by atoms with E-state index in [-0.39, 0.29) is 23.6 Å². The number of carboxylic acid groups (broad SMARTS) is 1. The van der Waals surface area contributed by atoms with Crippen LogP contribution in [0.25, 0.3) is 0 Å². The molecule has 30 heavy (non-hydrogen) atoms. The fourth-order valence-electron chi connectivity index (χ4n) is 5.85. The van der Waals surface area contributed by atoms with E-state index in [4.69, 9.17) is 0 Å². The number of thioether (sulfide) groups is 1. The molecule has 0 aromatic heterocycles. The van der Waals surface area contributed by atoms with Crippen LogP contribution in [0.5, 0.6) is 0 Å². The van der Waals surface area contributed by atoms with E-state index in [1.165, 1.54) is 24.2 Å². The van der Waals surface area contributed by atoms with Gasteiger partial charge in [0.2, 0.25) is 5.91 Å². The standard InChI is InChI=1S/C22H35N3O4S/c1-4-15-9-14(5-7-23-15)10-24-8-6-16(11-24)30-20-12(2)18-17(13(3)26)21(27)25(18)19(20)22(28)29/h12-18,23,26H,4-11H2,1-3H3,(H,28,29)/t12-,13-,14?,15?,16-,17-,18-/m1/s1. The number of likely N-dealkylation sites (tertiary alicyclic amines) is 1. The van der Waals surface area contributed by atoms with Crippen molar-refractivity contribution < 1.29 is 19.8 Å². The Hall–Kier alpha value is -1.09. The third-order valence-corrected chi connectivity index (χ3v) is 8.98. The van der Waals surface area contributed by atoms with E-state index in [9.17, 15) is 19.8 Å². The monoisotopic (exact) mass is 437 g/mol. The average molecular weight is 438 g/mol. The Balaban J connectivity index is 1.39. The van der Waals surface area contributed by atoms with Gasteiger partial charge in [0.05, 0.1) is 18.1 Å². The zero-order valence-electron chi connectivity index (χ0n) is 18.2.